The van der Waals surface area contributed by atoms with E-state index in [1.165, 1.54) is 12.8 Å². The number of hydrogen-bond donors (Lipinski definition) is 0. The lowest BCUT2D eigenvalue weighted by Gasteiger charge is -2.18. The fraction of sp³-hybridized carbons (Fsp3) is 0.417. The summed E-state index contributed by atoms with van der Waals surface area (Å²) >= 11 is 0. The van der Waals surface area contributed by atoms with Crippen molar-refractivity contribution in [2.45, 2.75) is 18.9 Å². The third-order valence-corrected chi connectivity index (χ3v) is 3.27. The van der Waals surface area contributed by atoms with Crippen LogP contribution in [-0.4, -0.2) is 38.0 Å². The van der Waals surface area contributed by atoms with Crippen LogP contribution in [0, 0.1) is 0 Å². The molecule has 0 unspecified atom stereocenters. The first-order chi connectivity index (χ1) is 8.34. The van der Waals surface area contributed by atoms with Crippen molar-refractivity contribution in [3.8, 4) is 5.82 Å². The van der Waals surface area contributed by atoms with Crippen molar-refractivity contribution in [1.29, 1.82) is 0 Å². The summed E-state index contributed by atoms with van der Waals surface area (Å²) in [6, 6.07) is 0.408. The molecule has 1 saturated heterocycles. The molecule has 0 amide bonds. The maximum atomic E-state index is 4.67. The van der Waals surface area contributed by atoms with E-state index in [9.17, 15) is 0 Å². The van der Waals surface area contributed by atoms with Gasteiger partial charge in [-0.15, -0.1) is 0 Å². The molecule has 0 N–H and O–H groups in total. The monoisotopic (exact) mass is 229 g/mol. The predicted octanol–water partition coefficient (Wildman–Crippen LogP) is 1.43. The van der Waals surface area contributed by atoms with Crippen LogP contribution >= 0.6 is 0 Å². The predicted molar refractivity (Wildman–Crippen MR) is 63.8 cm³/mol. The lowest BCUT2D eigenvalue weighted by Crippen LogP contribution is -2.19. The lowest BCUT2D eigenvalue weighted by atomic mass is 10.1. The van der Waals surface area contributed by atoms with Crippen LogP contribution in [0.1, 0.15) is 24.6 Å². The molecule has 5 nitrogen and oxygen atoms in total. The molecule has 0 saturated carbocycles. The first-order valence-electron chi connectivity index (χ1n) is 5.85. The highest BCUT2D eigenvalue weighted by molar-refractivity contribution is 5.21. The molecule has 3 heterocycles. The molecule has 0 spiro atoms. The largest absolute Gasteiger partial charge is 0.298 e. The highest BCUT2D eigenvalue weighted by Crippen LogP contribution is 2.28. The van der Waals surface area contributed by atoms with Crippen molar-refractivity contribution >= 4 is 0 Å². The van der Waals surface area contributed by atoms with E-state index in [1.54, 1.807) is 18.7 Å². The third-order valence-electron chi connectivity index (χ3n) is 3.27. The Bertz CT molecular complexity index is 493. The van der Waals surface area contributed by atoms with Gasteiger partial charge in [-0.05, 0) is 26.4 Å². The fourth-order valence-corrected chi connectivity index (χ4v) is 2.33. The molecular weight excluding hydrogens is 214 g/mol. The number of likely N-dealkylation sites (tertiary alicyclic amines) is 1. The summed E-state index contributed by atoms with van der Waals surface area (Å²) in [5, 5.41) is 0. The Labute approximate surface area is 100 Å². The van der Waals surface area contributed by atoms with Crippen LogP contribution in [0.15, 0.2) is 31.1 Å². The number of nitrogens with zero attached hydrogens (tertiary/aromatic N) is 5. The molecule has 0 bridgehead atoms. The van der Waals surface area contributed by atoms with Crippen LogP contribution in [0.5, 0.6) is 0 Å². The van der Waals surface area contributed by atoms with Crippen molar-refractivity contribution in [2.24, 2.45) is 0 Å². The quantitative estimate of drug-likeness (QED) is 0.781. The minimum absolute atomic E-state index is 0.408. The van der Waals surface area contributed by atoms with Crippen LogP contribution in [0.25, 0.3) is 5.82 Å². The highest BCUT2D eigenvalue weighted by Gasteiger charge is 2.24. The first-order valence-corrected chi connectivity index (χ1v) is 5.85. The Kier molecular flexibility index (Phi) is 2.60. The van der Waals surface area contributed by atoms with Gasteiger partial charge in [-0.2, -0.15) is 0 Å². The zero-order valence-corrected chi connectivity index (χ0v) is 9.82. The molecule has 1 fully saturated rings. The molecule has 1 aliphatic rings. The van der Waals surface area contributed by atoms with E-state index in [4.69, 9.17) is 0 Å². The zero-order chi connectivity index (χ0) is 11.7. The average molecular weight is 229 g/mol. The van der Waals surface area contributed by atoms with E-state index in [0.29, 0.717) is 6.04 Å². The summed E-state index contributed by atoms with van der Waals surface area (Å²) in [6.07, 6.45) is 11.4. The van der Waals surface area contributed by atoms with Gasteiger partial charge in [0.15, 0.2) is 5.82 Å². The summed E-state index contributed by atoms with van der Waals surface area (Å²) in [5.74, 6) is 0.834. The van der Waals surface area contributed by atoms with Gasteiger partial charge < -0.3 is 0 Å². The summed E-state index contributed by atoms with van der Waals surface area (Å²) in [5.41, 5.74) is 1.05. The molecule has 1 aliphatic heterocycles. The van der Waals surface area contributed by atoms with E-state index in [2.05, 4.69) is 26.9 Å². The Morgan fingerprint density at radius 3 is 2.94 bits per heavy atom. The molecule has 0 aliphatic carbocycles. The van der Waals surface area contributed by atoms with E-state index in [-0.39, 0.29) is 0 Å². The van der Waals surface area contributed by atoms with Gasteiger partial charge in [0.05, 0.1) is 24.1 Å². The number of hydrogen-bond acceptors (Lipinski definition) is 4. The van der Waals surface area contributed by atoms with Gasteiger partial charge in [0.2, 0.25) is 0 Å². The highest BCUT2D eigenvalue weighted by atomic mass is 15.2. The second-order valence-electron chi connectivity index (χ2n) is 4.41. The summed E-state index contributed by atoms with van der Waals surface area (Å²) in [7, 11) is 2.14. The number of imidazole rings is 1. The van der Waals surface area contributed by atoms with Crippen LogP contribution in [0.2, 0.25) is 0 Å². The smallest absolute Gasteiger partial charge is 0.156 e. The van der Waals surface area contributed by atoms with Crippen LogP contribution in [-0.2, 0) is 0 Å². The summed E-state index contributed by atoms with van der Waals surface area (Å²) in [6.45, 7) is 1.14. The number of rotatable bonds is 2. The van der Waals surface area contributed by atoms with Crippen molar-refractivity contribution in [3.63, 3.8) is 0 Å². The van der Waals surface area contributed by atoms with Gasteiger partial charge in [0.25, 0.3) is 0 Å². The fourth-order valence-electron chi connectivity index (χ4n) is 2.33. The van der Waals surface area contributed by atoms with Gasteiger partial charge in [-0.3, -0.25) is 14.5 Å². The van der Waals surface area contributed by atoms with E-state index in [1.807, 2.05) is 17.0 Å². The topological polar surface area (TPSA) is 46.8 Å². The van der Waals surface area contributed by atoms with Crippen LogP contribution < -0.4 is 0 Å². The van der Waals surface area contributed by atoms with Gasteiger partial charge in [0, 0.05) is 12.4 Å². The Hall–Kier alpha value is -1.75. The van der Waals surface area contributed by atoms with Gasteiger partial charge in [-0.1, -0.05) is 0 Å². The van der Waals surface area contributed by atoms with E-state index in [0.717, 1.165) is 18.1 Å². The molecular formula is C12H15N5. The second kappa shape index (κ2) is 4.25. The molecule has 88 valence electrons. The molecule has 2 aromatic heterocycles. The van der Waals surface area contributed by atoms with Gasteiger partial charge in [-0.25, -0.2) is 9.97 Å². The Morgan fingerprint density at radius 1 is 1.29 bits per heavy atom. The molecule has 5 heteroatoms. The third kappa shape index (κ3) is 1.93. The molecule has 17 heavy (non-hydrogen) atoms. The average Bonchev–Trinajstić information content (AvgIpc) is 2.99. The van der Waals surface area contributed by atoms with Crippen molar-refractivity contribution < 1.29 is 0 Å². The minimum Gasteiger partial charge on any atom is -0.298 e. The zero-order valence-electron chi connectivity index (χ0n) is 9.82. The van der Waals surface area contributed by atoms with E-state index >= 15 is 0 Å². The maximum Gasteiger partial charge on any atom is 0.156 e. The lowest BCUT2D eigenvalue weighted by molar-refractivity contribution is 0.311. The molecule has 0 aromatic carbocycles. The molecule has 2 aromatic rings. The Balaban J connectivity index is 1.94. The number of aromatic nitrogens is 4. The summed E-state index contributed by atoms with van der Waals surface area (Å²) in [4.78, 5) is 15.3. The van der Waals surface area contributed by atoms with Crippen LogP contribution in [0.3, 0.4) is 0 Å². The van der Waals surface area contributed by atoms with Gasteiger partial charge >= 0.3 is 0 Å². The normalized spacial score (nSPS) is 20.9. The summed E-state index contributed by atoms with van der Waals surface area (Å²) < 4.78 is 1.88. The van der Waals surface area contributed by atoms with Crippen LogP contribution in [0.4, 0.5) is 0 Å². The SMILES string of the molecule is CN1CCC[C@H]1c1cncc(-n2ccnc2)n1. The first kappa shape index (κ1) is 10.4. The Morgan fingerprint density at radius 2 is 2.24 bits per heavy atom. The van der Waals surface area contributed by atoms with Crippen molar-refractivity contribution in [2.75, 3.05) is 13.6 Å². The molecule has 1 atom stereocenters. The van der Waals surface area contributed by atoms with Crippen molar-refractivity contribution in [1.82, 2.24) is 24.4 Å². The second-order valence-corrected chi connectivity index (χ2v) is 4.41. The van der Waals surface area contributed by atoms with Crippen molar-refractivity contribution in [3.05, 3.63) is 36.8 Å². The van der Waals surface area contributed by atoms with E-state index < -0.39 is 0 Å². The van der Waals surface area contributed by atoms with Gasteiger partial charge in [0.1, 0.15) is 6.33 Å². The molecule has 0 radical (unpaired) electrons. The standard InChI is InChI=1S/C12H15N5/c1-16-5-2-3-11(16)10-7-14-8-12(15-10)17-6-4-13-9-17/h4,6-9,11H,2-3,5H2,1H3/t11-/m0/s1. The maximum absolute atomic E-state index is 4.67. The molecule has 3 rings (SSSR count). The minimum atomic E-state index is 0.408.